The van der Waals surface area contributed by atoms with E-state index in [1.54, 1.807) is 0 Å². The van der Waals surface area contributed by atoms with Crippen molar-refractivity contribution in [2.45, 2.75) is 40.5 Å². The van der Waals surface area contributed by atoms with E-state index in [0.29, 0.717) is 6.61 Å². The van der Waals surface area contributed by atoms with Crippen LogP contribution in [0.5, 0.6) is 0 Å². The predicted molar refractivity (Wildman–Crippen MR) is 83.4 cm³/mol. The van der Waals surface area contributed by atoms with E-state index in [0.717, 1.165) is 28.2 Å². The first-order valence-corrected chi connectivity index (χ1v) is 8.33. The van der Waals surface area contributed by atoms with E-state index < -0.39 is 0 Å². The molecule has 0 aliphatic rings. The van der Waals surface area contributed by atoms with E-state index in [9.17, 15) is 0 Å². The van der Waals surface area contributed by atoms with Gasteiger partial charge in [-0.25, -0.2) is 0 Å². The second kappa shape index (κ2) is 21.6. The van der Waals surface area contributed by atoms with Gasteiger partial charge in [0.2, 0.25) is 0 Å². The van der Waals surface area contributed by atoms with Gasteiger partial charge in [-0.2, -0.15) is 0 Å². The summed E-state index contributed by atoms with van der Waals surface area (Å²) >= 11 is 0. The molecule has 108 valence electrons. The lowest BCUT2D eigenvalue weighted by molar-refractivity contribution is 0.244. The van der Waals surface area contributed by atoms with E-state index >= 15 is 0 Å². The Labute approximate surface area is 111 Å². The first kappa shape index (κ1) is 22.5. The average Bonchev–Trinajstić information content (AvgIpc) is 2.40. The predicted octanol–water partition coefficient (Wildman–Crippen LogP) is 2.90. The summed E-state index contributed by atoms with van der Waals surface area (Å²) in [4.78, 5) is 2.28. The van der Waals surface area contributed by atoms with Crippen LogP contribution in [0.4, 0.5) is 0 Å². The fourth-order valence-electron chi connectivity index (χ4n) is 1.14. The summed E-state index contributed by atoms with van der Waals surface area (Å²) in [6.45, 7) is 13.8. The second-order valence-electron chi connectivity index (χ2n) is 3.38. The molecule has 0 bridgehead atoms. The van der Waals surface area contributed by atoms with E-state index in [4.69, 9.17) is 5.11 Å². The van der Waals surface area contributed by atoms with Crippen molar-refractivity contribution in [1.29, 1.82) is 0 Å². The van der Waals surface area contributed by atoms with Crippen LogP contribution in [0.15, 0.2) is 0 Å². The second-order valence-corrected chi connectivity index (χ2v) is 4.59. The molecule has 1 unspecified atom stereocenters. The highest BCUT2D eigenvalue weighted by Gasteiger charge is 1.98. The highest BCUT2D eigenvalue weighted by Crippen LogP contribution is 2.08. The van der Waals surface area contributed by atoms with Gasteiger partial charge in [0.1, 0.15) is 0 Å². The molecule has 0 aromatic rings. The molecule has 0 saturated carbocycles. The molecule has 1 atom stereocenters. The lowest BCUT2D eigenvalue weighted by Gasteiger charge is -2.18. The number of rotatable bonds is 8. The molecule has 0 radical (unpaired) electrons. The van der Waals surface area contributed by atoms with Crippen molar-refractivity contribution in [2.75, 3.05) is 47.0 Å². The number of hydrogen-bond donors (Lipinski definition) is 1. The molecule has 4 heteroatoms. The molecule has 17 heavy (non-hydrogen) atoms. The highest BCUT2D eigenvalue weighted by atomic mass is 31.1. The molecule has 0 aliphatic heterocycles. The zero-order valence-electron chi connectivity index (χ0n) is 13.1. The summed E-state index contributed by atoms with van der Waals surface area (Å²) in [5.41, 5.74) is 0. The molecule has 0 heterocycles. The molecule has 0 spiro atoms. The van der Waals surface area contributed by atoms with Crippen LogP contribution < -0.4 is 0 Å². The van der Waals surface area contributed by atoms with E-state index in [2.05, 4.69) is 30.3 Å². The lowest BCUT2D eigenvalue weighted by atomic mass is 10.3. The summed E-state index contributed by atoms with van der Waals surface area (Å²) < 4.78 is 2.35. The van der Waals surface area contributed by atoms with Gasteiger partial charge < -0.3 is 10.0 Å². The Morgan fingerprint density at radius 2 is 1.35 bits per heavy atom. The van der Waals surface area contributed by atoms with Crippen LogP contribution in [-0.2, 0) is 0 Å². The van der Waals surface area contributed by atoms with Crippen LogP contribution >= 0.6 is 8.73 Å². The van der Waals surface area contributed by atoms with Crippen molar-refractivity contribution in [3.8, 4) is 0 Å². The highest BCUT2D eigenvalue weighted by molar-refractivity contribution is 7.34. The minimum Gasteiger partial charge on any atom is -0.396 e. The topological polar surface area (TPSA) is 26.7 Å². The smallest absolute Gasteiger partial charge is 0.0443 e. The first-order valence-electron chi connectivity index (χ1n) is 6.88. The van der Waals surface area contributed by atoms with Gasteiger partial charge in [-0.3, -0.25) is 4.67 Å². The van der Waals surface area contributed by atoms with Crippen LogP contribution in [0, 0.1) is 0 Å². The van der Waals surface area contributed by atoms with Crippen LogP contribution in [0.1, 0.15) is 40.5 Å². The van der Waals surface area contributed by atoms with Gasteiger partial charge in [0.25, 0.3) is 0 Å². The van der Waals surface area contributed by atoms with Crippen LogP contribution in [0.3, 0.4) is 0 Å². The minimum atomic E-state index is 0.306. The minimum absolute atomic E-state index is 0.306. The van der Waals surface area contributed by atoms with E-state index in [1.165, 1.54) is 13.0 Å². The SMILES string of the molecule is CC.CC.CPN(C)CCCN(C)CCCO. The summed E-state index contributed by atoms with van der Waals surface area (Å²) in [6, 6.07) is 0. The Morgan fingerprint density at radius 3 is 1.76 bits per heavy atom. The monoisotopic (exact) mass is 266 g/mol. The molecular formula is C13H35N2OP. The summed E-state index contributed by atoms with van der Waals surface area (Å²) in [5.74, 6) is 0. The first-order chi connectivity index (χ1) is 8.20. The summed E-state index contributed by atoms with van der Waals surface area (Å²) in [6.07, 6.45) is 2.11. The summed E-state index contributed by atoms with van der Waals surface area (Å²) in [7, 11) is 5.18. The fraction of sp³-hybridized carbons (Fsp3) is 1.00. The Kier molecular flexibility index (Phi) is 28.5. The molecule has 0 fully saturated rings. The molecule has 0 amide bonds. The fourth-order valence-corrected chi connectivity index (χ4v) is 1.52. The van der Waals surface area contributed by atoms with Crippen molar-refractivity contribution >= 4 is 8.73 Å². The van der Waals surface area contributed by atoms with Gasteiger partial charge in [-0.15, -0.1) is 0 Å². The average molecular weight is 266 g/mol. The van der Waals surface area contributed by atoms with Gasteiger partial charge in [-0.1, -0.05) is 36.4 Å². The van der Waals surface area contributed by atoms with Crippen LogP contribution in [0.25, 0.3) is 0 Å². The standard InChI is InChI=1S/C9H23N2OP.2C2H6/c1-10(7-5-9-12)6-4-8-11(2)13-3;2*1-2/h12-13H,4-9H2,1-3H3;2*1-2H3. The Hall–Kier alpha value is 0.310. The molecule has 0 aromatic heterocycles. The van der Waals surface area contributed by atoms with Gasteiger partial charge in [0.05, 0.1) is 0 Å². The number of nitrogens with zero attached hydrogens (tertiary/aromatic N) is 2. The molecular weight excluding hydrogens is 231 g/mol. The molecule has 0 aromatic carbocycles. The van der Waals surface area contributed by atoms with Crippen LogP contribution in [0.2, 0.25) is 0 Å². The molecule has 0 rings (SSSR count). The normalized spacial score (nSPS) is 10.2. The Balaban J connectivity index is -0.000000439. The van der Waals surface area contributed by atoms with Crippen LogP contribution in [-0.4, -0.2) is 61.7 Å². The zero-order chi connectivity index (χ0) is 14.1. The van der Waals surface area contributed by atoms with Gasteiger partial charge in [-0.05, 0) is 40.1 Å². The third kappa shape index (κ3) is 22.0. The van der Waals surface area contributed by atoms with E-state index in [-0.39, 0.29) is 0 Å². The van der Waals surface area contributed by atoms with Gasteiger partial charge in [0, 0.05) is 19.7 Å². The quantitative estimate of drug-likeness (QED) is 0.684. The number of aliphatic hydroxyl groups excluding tert-OH is 1. The third-order valence-electron chi connectivity index (χ3n) is 2.11. The largest absolute Gasteiger partial charge is 0.396 e. The van der Waals surface area contributed by atoms with Crippen molar-refractivity contribution in [1.82, 2.24) is 9.57 Å². The maximum absolute atomic E-state index is 8.63. The van der Waals surface area contributed by atoms with Crippen molar-refractivity contribution in [3.05, 3.63) is 0 Å². The molecule has 1 N–H and O–H groups in total. The number of hydrogen-bond acceptors (Lipinski definition) is 3. The summed E-state index contributed by atoms with van der Waals surface area (Å²) in [5, 5.41) is 8.63. The number of aliphatic hydroxyl groups is 1. The van der Waals surface area contributed by atoms with E-state index in [1.807, 2.05) is 27.7 Å². The lowest BCUT2D eigenvalue weighted by Crippen LogP contribution is -2.24. The maximum Gasteiger partial charge on any atom is 0.0443 e. The van der Waals surface area contributed by atoms with Crippen molar-refractivity contribution < 1.29 is 5.11 Å². The Morgan fingerprint density at radius 1 is 0.882 bits per heavy atom. The molecule has 0 aliphatic carbocycles. The third-order valence-corrected chi connectivity index (χ3v) is 3.10. The van der Waals surface area contributed by atoms with Gasteiger partial charge in [0.15, 0.2) is 0 Å². The van der Waals surface area contributed by atoms with Crippen molar-refractivity contribution in [3.63, 3.8) is 0 Å². The Bertz CT molecular complexity index is 116. The molecule has 0 saturated heterocycles. The van der Waals surface area contributed by atoms with Gasteiger partial charge >= 0.3 is 0 Å². The maximum atomic E-state index is 8.63. The zero-order valence-corrected chi connectivity index (χ0v) is 14.1. The molecule has 3 nitrogen and oxygen atoms in total. The van der Waals surface area contributed by atoms with Crippen molar-refractivity contribution in [2.24, 2.45) is 0 Å².